The second kappa shape index (κ2) is 69.2. The average Bonchev–Trinajstić information content (AvgIpc) is 1.65. The third-order valence-corrected chi connectivity index (χ3v) is 13.4. The topological polar surface area (TPSA) is 213 Å². The number of aromatic nitrogens is 6. The fraction of sp³-hybridized carbons (Fsp3) is 0.440. The van der Waals surface area contributed by atoms with E-state index in [1.807, 2.05) is 323 Å². The molecule has 9 aromatic rings. The number of halogens is 1. The number of hydrogen-bond acceptors (Lipinski definition) is 12. The van der Waals surface area contributed by atoms with E-state index in [0.29, 0.717) is 38.3 Å². The van der Waals surface area contributed by atoms with Gasteiger partial charge in [-0.1, -0.05) is 207 Å². The minimum Gasteiger partial charge on any atom is -0.481 e. The van der Waals surface area contributed by atoms with Gasteiger partial charge in [0.25, 0.3) is 0 Å². The number of imidazole rings is 3. The van der Waals surface area contributed by atoms with Crippen molar-refractivity contribution in [3.8, 4) is 33.8 Å². The molecule has 0 aliphatic rings. The Balaban J connectivity index is -0.000000142. The molecule has 0 unspecified atom stereocenters. The maximum absolute atomic E-state index is 13.0. The number of benzene rings is 3. The van der Waals surface area contributed by atoms with E-state index in [0.717, 1.165) is 75.2 Å². The van der Waals surface area contributed by atoms with Crippen molar-refractivity contribution < 1.29 is 137 Å². The van der Waals surface area contributed by atoms with Crippen LogP contribution in [0.1, 0.15) is 157 Å². The number of rotatable bonds is 18. The minimum absolute atomic E-state index is 0. The normalized spacial score (nSPS) is 9.26. The van der Waals surface area contributed by atoms with Gasteiger partial charge < -0.3 is 80.3 Å². The number of fused-ring (bicyclic) bond motifs is 3. The number of pyridine rings is 3. The molecule has 0 aliphatic heterocycles. The van der Waals surface area contributed by atoms with Gasteiger partial charge in [-0.15, -0.1) is 12.4 Å². The van der Waals surface area contributed by atoms with Gasteiger partial charge in [-0.2, -0.15) is 0 Å². The van der Waals surface area contributed by atoms with Gasteiger partial charge in [-0.25, -0.2) is 24.5 Å². The SMILES string of the molecule is C.C.CC.CC.CC.CC.CC.CC.CN(CCN(C)C(=O)OC(C)(C)C)C(=O)Cc1c(-c2ccccc2)nc2ccccn12.CNCCN(C)C(=O)Cc1c(-c2ccccc2)nc2ccccn12.CNCCN(C)C(=O)OC(C)(C)C.Cl.O=C(O)Cc1c(-c2ccccc2)nc2ccccn12.[CH3-].[CH3-].[CH3-].[Y].[Y].[Y]. The third-order valence-electron chi connectivity index (χ3n) is 13.4. The summed E-state index contributed by atoms with van der Waals surface area (Å²) in [6, 6.07) is 46.8. The molecule has 3 N–H and O–H groups in total. The fourth-order valence-electron chi connectivity index (χ4n) is 8.80. The zero-order chi connectivity index (χ0) is 75.3. The molecule has 3 aromatic carbocycles. The first-order valence-corrected chi connectivity index (χ1v) is 34.9. The van der Waals surface area contributed by atoms with Crippen LogP contribution >= 0.6 is 12.4 Å². The van der Waals surface area contributed by atoms with Crippen LogP contribution in [0, 0.1) is 22.3 Å². The van der Waals surface area contributed by atoms with Gasteiger partial charge >= 0.3 is 18.2 Å². The number of ether oxygens (including phenoxy) is 2. The Bertz CT molecular complexity index is 3700. The molecule has 6 aromatic heterocycles. The van der Waals surface area contributed by atoms with Crippen LogP contribution in [0.2, 0.25) is 0 Å². The Morgan fingerprint density at radius 3 is 0.880 bits per heavy atom. The molecule has 4 amide bonds. The first-order chi connectivity index (χ1) is 47.5. The van der Waals surface area contributed by atoms with E-state index < -0.39 is 23.3 Å². The van der Waals surface area contributed by atoms with Crippen molar-refractivity contribution in [2.75, 3.05) is 81.6 Å². The van der Waals surface area contributed by atoms with Crippen molar-refractivity contribution in [2.45, 2.75) is 170 Å². The van der Waals surface area contributed by atoms with E-state index in [-0.39, 0.29) is 178 Å². The van der Waals surface area contributed by atoms with Gasteiger partial charge in [0.15, 0.2) is 0 Å². The molecule has 20 nitrogen and oxygen atoms in total. The summed E-state index contributed by atoms with van der Waals surface area (Å²) in [4.78, 5) is 80.6. The zero-order valence-electron chi connectivity index (χ0n) is 69.4. The van der Waals surface area contributed by atoms with E-state index in [9.17, 15) is 24.0 Å². The summed E-state index contributed by atoms with van der Waals surface area (Å²) < 4.78 is 16.3. The summed E-state index contributed by atoms with van der Waals surface area (Å²) in [5.74, 6) is -0.809. The van der Waals surface area contributed by atoms with Crippen LogP contribution in [-0.2, 0) is 141 Å². The van der Waals surface area contributed by atoms with Gasteiger partial charge in [0.05, 0.1) is 53.4 Å². The van der Waals surface area contributed by atoms with Crippen LogP contribution in [0.15, 0.2) is 164 Å². The number of nitrogens with one attached hydrogen (secondary N) is 2. The number of carbonyl (C=O) groups excluding carboxylic acids is 4. The fourth-order valence-corrected chi connectivity index (χ4v) is 8.80. The Kier molecular flexibility index (Phi) is 78.9. The van der Waals surface area contributed by atoms with E-state index in [2.05, 4.69) is 15.6 Å². The maximum atomic E-state index is 13.0. The Morgan fingerprint density at radius 1 is 0.389 bits per heavy atom. The van der Waals surface area contributed by atoms with Crippen molar-refractivity contribution in [1.29, 1.82) is 0 Å². The number of aliphatic carboxylic acids is 1. The summed E-state index contributed by atoms with van der Waals surface area (Å²) in [5.41, 5.74) is 9.28. The first kappa shape index (κ1) is 123. The van der Waals surface area contributed by atoms with Crippen molar-refractivity contribution in [1.82, 2.24) is 58.4 Å². The predicted octanol–water partition coefficient (Wildman–Crippen LogP) is 19.0. The quantitative estimate of drug-likeness (QED) is 0.0683. The monoisotopic (exact) mass is 1740 g/mol. The summed E-state index contributed by atoms with van der Waals surface area (Å²) >= 11 is 0. The van der Waals surface area contributed by atoms with Crippen molar-refractivity contribution >= 4 is 59.3 Å². The minimum atomic E-state index is -0.858. The van der Waals surface area contributed by atoms with E-state index in [1.165, 1.54) is 4.90 Å². The van der Waals surface area contributed by atoms with E-state index in [4.69, 9.17) is 24.5 Å². The third kappa shape index (κ3) is 43.7. The molecule has 6 heterocycles. The summed E-state index contributed by atoms with van der Waals surface area (Å²) in [5, 5.41) is 15.1. The summed E-state index contributed by atoms with van der Waals surface area (Å²) in [6.45, 7) is 38.7. The molecule has 108 heavy (non-hydrogen) atoms. The predicted molar refractivity (Wildman–Crippen MR) is 450 cm³/mol. The number of nitrogens with zero attached hydrogens (tertiary/aromatic N) is 10. The maximum Gasteiger partial charge on any atom is 0.410 e. The second-order valence-electron chi connectivity index (χ2n) is 22.7. The molecule has 601 valence electrons. The number of amides is 4. The number of hydrogen-bond donors (Lipinski definition) is 3. The smallest absolute Gasteiger partial charge is 0.410 e. The number of carboxylic acids is 1. The van der Waals surface area contributed by atoms with Crippen LogP contribution < -0.4 is 10.6 Å². The Hall–Kier alpha value is -5.80. The Labute approximate surface area is 736 Å². The first-order valence-electron chi connectivity index (χ1n) is 34.9. The van der Waals surface area contributed by atoms with Crippen LogP contribution in [0.25, 0.3) is 50.7 Å². The van der Waals surface area contributed by atoms with Gasteiger partial charge in [0, 0.05) is 201 Å². The van der Waals surface area contributed by atoms with Crippen LogP contribution in [-0.4, -0.2) is 176 Å². The Morgan fingerprint density at radius 2 is 0.620 bits per heavy atom. The second-order valence-corrected chi connectivity index (χ2v) is 22.7. The van der Waals surface area contributed by atoms with E-state index in [1.54, 1.807) is 35.8 Å². The summed E-state index contributed by atoms with van der Waals surface area (Å²) in [7, 11) is 10.7. The molecule has 0 fully saturated rings. The molecule has 0 saturated carbocycles. The van der Waals surface area contributed by atoms with Gasteiger partial charge in [-0.3, -0.25) is 14.4 Å². The van der Waals surface area contributed by atoms with Crippen LogP contribution in [0.4, 0.5) is 9.59 Å². The zero-order valence-corrected chi connectivity index (χ0v) is 78.7. The van der Waals surface area contributed by atoms with Gasteiger partial charge in [0.1, 0.15) is 28.1 Å². The van der Waals surface area contributed by atoms with Gasteiger partial charge in [-0.05, 0) is 92.0 Å². The van der Waals surface area contributed by atoms with Gasteiger partial charge in [0.2, 0.25) is 11.8 Å². The van der Waals surface area contributed by atoms with Crippen molar-refractivity contribution in [3.63, 3.8) is 0 Å². The van der Waals surface area contributed by atoms with Crippen molar-refractivity contribution in [3.05, 3.63) is 204 Å². The average molecular weight is 1750 g/mol. The molecule has 0 aliphatic carbocycles. The molecule has 9 rings (SSSR count). The molecule has 24 heteroatoms. The molecule has 0 saturated heterocycles. The van der Waals surface area contributed by atoms with Crippen LogP contribution in [0.5, 0.6) is 0 Å². The molecule has 0 bridgehead atoms. The molecular weight excluding hydrogens is 1610 g/mol. The number of carboxylic acid groups (broad SMARTS) is 1. The molecule has 3 radical (unpaired) electrons. The number of carbonyl (C=O) groups is 5. The van der Waals surface area contributed by atoms with Crippen LogP contribution in [0.3, 0.4) is 0 Å². The molecular formula is C84H138ClN12O8Y3-3. The summed E-state index contributed by atoms with van der Waals surface area (Å²) in [6.07, 6.45) is 5.54. The van der Waals surface area contributed by atoms with Crippen molar-refractivity contribution in [2.24, 2.45) is 0 Å². The molecule has 0 atom stereocenters. The number of likely N-dealkylation sites (N-methyl/N-ethyl adjacent to an activating group) is 6. The largest absolute Gasteiger partial charge is 0.481 e. The standard InChI is InChI=1S/C24H30N4O3.C19H22N4O.C15H12N2O2.C9H20N2O2.6C2H6.2CH4.3CH3.ClH.3Y/c1-24(2,3)31-23(30)27(5)16-15-26(4)21(29)17-19-22(18-11-7-6-8-12-18)25-20-13-9-10-14-28(19)20;1-20-11-13-22(2)18(24)14-16-19(15-8-4-3-5-9-15)21-17-10-6-7-12-23(16)17;18-14(19)10-12-15(11-6-2-1-3-7-11)16-13-8-4-5-9-17(12)13;1-9(2,3)13-8(12)11(5)7-6-10-4;6*1-2;;;;;;;;;/h6-14H,15-17H2,1-5H3;3-10,12,20H,11,13-14H2,1-2H3;1-9H,10H2,(H,18,19);10H,6-7H2,1-5H3;6*1-2H3;2*1H4;3*1H3;1H;;;/q;;;;;;;;;;;;3*-1;;;;. The molecule has 0 spiro atoms. The van der Waals surface area contributed by atoms with E-state index >= 15 is 0 Å².